The van der Waals surface area contributed by atoms with Gasteiger partial charge in [0, 0.05) is 36.3 Å². The number of benzene rings is 2. The van der Waals surface area contributed by atoms with Crippen LogP contribution in [-0.2, 0) is 14.8 Å². The number of nitrogens with zero attached hydrogens (tertiary/aromatic N) is 3. The number of amides is 1. The van der Waals surface area contributed by atoms with Crippen molar-refractivity contribution < 1.29 is 17.6 Å². The molecule has 2 heterocycles. The van der Waals surface area contributed by atoms with E-state index in [4.69, 9.17) is 0 Å². The van der Waals surface area contributed by atoms with Crippen LogP contribution in [0.15, 0.2) is 58.3 Å². The first kappa shape index (κ1) is 23.2. The molecule has 32 heavy (non-hydrogen) atoms. The average molecular weight is 478 g/mol. The number of hydrogen-bond donors (Lipinski definition) is 0. The van der Waals surface area contributed by atoms with E-state index in [1.165, 1.54) is 16.4 Å². The lowest BCUT2D eigenvalue weighted by Gasteiger charge is -2.27. The third-order valence-corrected chi connectivity index (χ3v) is 9.05. The standard InChI is InChI=1S/C23H28FN3O3S2/c1-18-11-14-27(21-5-2-3-6-22(21)31-18)23(28)17-25-12-4-13-26(16-15-25)32(29,30)20-9-7-19(24)8-10-20/h2-3,5-10,18H,4,11-17H2,1H3. The van der Waals surface area contributed by atoms with Crippen molar-refractivity contribution in [2.24, 2.45) is 0 Å². The first-order valence-corrected chi connectivity index (χ1v) is 13.2. The number of anilines is 1. The van der Waals surface area contributed by atoms with E-state index in [0.717, 1.165) is 29.1 Å². The molecule has 0 N–H and O–H groups in total. The van der Waals surface area contributed by atoms with Crippen molar-refractivity contribution in [2.75, 3.05) is 44.2 Å². The van der Waals surface area contributed by atoms with Gasteiger partial charge in [0.1, 0.15) is 5.82 Å². The van der Waals surface area contributed by atoms with E-state index < -0.39 is 15.8 Å². The van der Waals surface area contributed by atoms with Crippen molar-refractivity contribution in [1.29, 1.82) is 0 Å². The molecule has 1 amide bonds. The smallest absolute Gasteiger partial charge is 0.243 e. The van der Waals surface area contributed by atoms with Gasteiger partial charge in [-0.2, -0.15) is 4.31 Å². The van der Waals surface area contributed by atoms with E-state index >= 15 is 0 Å². The molecule has 0 spiro atoms. The second kappa shape index (κ2) is 9.91. The number of carbonyl (C=O) groups is 1. The van der Waals surface area contributed by atoms with Gasteiger partial charge in [-0.3, -0.25) is 9.69 Å². The summed E-state index contributed by atoms with van der Waals surface area (Å²) in [5.74, 6) is -0.422. The molecule has 2 aliphatic heterocycles. The largest absolute Gasteiger partial charge is 0.310 e. The molecule has 0 saturated carbocycles. The number of hydrogen-bond acceptors (Lipinski definition) is 5. The van der Waals surface area contributed by atoms with Gasteiger partial charge in [-0.1, -0.05) is 19.1 Å². The summed E-state index contributed by atoms with van der Waals surface area (Å²) < 4.78 is 40.5. The minimum Gasteiger partial charge on any atom is -0.310 e. The van der Waals surface area contributed by atoms with E-state index in [-0.39, 0.29) is 17.3 Å². The molecule has 0 aliphatic carbocycles. The summed E-state index contributed by atoms with van der Waals surface area (Å²) in [7, 11) is -3.68. The maximum Gasteiger partial charge on any atom is 0.243 e. The maximum absolute atomic E-state index is 13.2. The van der Waals surface area contributed by atoms with Gasteiger partial charge in [0.15, 0.2) is 0 Å². The van der Waals surface area contributed by atoms with Gasteiger partial charge in [0.05, 0.1) is 17.1 Å². The lowest BCUT2D eigenvalue weighted by atomic mass is 10.2. The topological polar surface area (TPSA) is 60.9 Å². The van der Waals surface area contributed by atoms with Crippen LogP contribution < -0.4 is 4.90 Å². The minimum absolute atomic E-state index is 0.0435. The van der Waals surface area contributed by atoms with Gasteiger partial charge in [0.25, 0.3) is 0 Å². The molecule has 2 aromatic rings. The lowest BCUT2D eigenvalue weighted by Crippen LogP contribution is -2.42. The van der Waals surface area contributed by atoms with Gasteiger partial charge < -0.3 is 4.90 Å². The normalized spacial score (nSPS) is 20.9. The van der Waals surface area contributed by atoms with E-state index in [9.17, 15) is 17.6 Å². The zero-order chi connectivity index (χ0) is 22.7. The van der Waals surface area contributed by atoms with Crippen molar-refractivity contribution in [1.82, 2.24) is 9.21 Å². The number of carbonyl (C=O) groups excluding carboxylic acids is 1. The molecule has 0 aromatic heterocycles. The molecule has 0 radical (unpaired) electrons. The number of para-hydroxylation sites is 1. The van der Waals surface area contributed by atoms with Gasteiger partial charge in [-0.15, -0.1) is 11.8 Å². The first-order chi connectivity index (χ1) is 15.3. The molecular weight excluding hydrogens is 449 g/mol. The fourth-order valence-corrected chi connectivity index (χ4v) is 6.71. The van der Waals surface area contributed by atoms with Crippen LogP contribution in [0, 0.1) is 5.82 Å². The number of rotatable bonds is 4. The first-order valence-electron chi connectivity index (χ1n) is 10.9. The van der Waals surface area contributed by atoms with Gasteiger partial charge in [-0.25, -0.2) is 12.8 Å². The number of sulfonamides is 1. The van der Waals surface area contributed by atoms with Crippen LogP contribution in [0.25, 0.3) is 0 Å². The lowest BCUT2D eigenvalue weighted by molar-refractivity contribution is -0.119. The molecule has 1 fully saturated rings. The average Bonchev–Trinajstić information content (AvgIpc) is 3.10. The Hall–Kier alpha value is -1.94. The summed E-state index contributed by atoms with van der Waals surface area (Å²) in [5, 5.41) is 0.442. The Morgan fingerprint density at radius 3 is 2.56 bits per heavy atom. The third kappa shape index (κ3) is 5.17. The molecule has 1 saturated heterocycles. The summed E-state index contributed by atoms with van der Waals surface area (Å²) in [6.07, 6.45) is 1.56. The zero-order valence-electron chi connectivity index (χ0n) is 18.1. The highest BCUT2D eigenvalue weighted by atomic mass is 32.2. The van der Waals surface area contributed by atoms with Crippen molar-refractivity contribution in [3.63, 3.8) is 0 Å². The molecule has 9 heteroatoms. The highest BCUT2D eigenvalue weighted by Gasteiger charge is 2.29. The highest BCUT2D eigenvalue weighted by Crippen LogP contribution is 2.37. The monoisotopic (exact) mass is 477 g/mol. The Bertz CT molecular complexity index is 1060. The summed E-state index contributed by atoms with van der Waals surface area (Å²) in [6, 6.07) is 12.9. The molecule has 6 nitrogen and oxygen atoms in total. The predicted octanol–water partition coefficient (Wildman–Crippen LogP) is 3.44. The molecular formula is C23H28FN3O3S2. The van der Waals surface area contributed by atoms with E-state index in [1.807, 2.05) is 28.0 Å². The van der Waals surface area contributed by atoms with E-state index in [1.54, 1.807) is 11.8 Å². The maximum atomic E-state index is 13.2. The quantitative estimate of drug-likeness (QED) is 0.675. The number of halogens is 1. The van der Waals surface area contributed by atoms with Crippen molar-refractivity contribution in [3.05, 3.63) is 54.3 Å². The summed E-state index contributed by atoms with van der Waals surface area (Å²) in [5.41, 5.74) is 0.960. The molecule has 4 rings (SSSR count). The third-order valence-electron chi connectivity index (χ3n) is 5.90. The molecule has 2 aliphatic rings. The summed E-state index contributed by atoms with van der Waals surface area (Å²) >= 11 is 1.80. The van der Waals surface area contributed by atoms with Crippen LogP contribution in [-0.4, -0.2) is 68.0 Å². The number of thioether (sulfide) groups is 1. The predicted molar refractivity (Wildman–Crippen MR) is 125 cm³/mol. The fourth-order valence-electron chi connectivity index (χ4n) is 4.12. The van der Waals surface area contributed by atoms with Crippen LogP contribution in [0.3, 0.4) is 0 Å². The van der Waals surface area contributed by atoms with Crippen LogP contribution >= 0.6 is 11.8 Å². The van der Waals surface area contributed by atoms with E-state index in [0.29, 0.717) is 44.4 Å². The molecule has 172 valence electrons. The Balaban J connectivity index is 1.42. The van der Waals surface area contributed by atoms with Crippen LogP contribution in [0.4, 0.5) is 10.1 Å². The van der Waals surface area contributed by atoms with Crippen molar-refractivity contribution in [2.45, 2.75) is 34.8 Å². The molecule has 1 unspecified atom stereocenters. The summed E-state index contributed by atoms with van der Waals surface area (Å²) in [4.78, 5) is 18.4. The van der Waals surface area contributed by atoms with Crippen LogP contribution in [0.5, 0.6) is 0 Å². The molecule has 2 aromatic carbocycles. The van der Waals surface area contributed by atoms with Gasteiger partial charge >= 0.3 is 0 Å². The van der Waals surface area contributed by atoms with Gasteiger partial charge in [0.2, 0.25) is 15.9 Å². The fraction of sp³-hybridized carbons (Fsp3) is 0.435. The number of fused-ring (bicyclic) bond motifs is 1. The Kier molecular flexibility index (Phi) is 7.19. The summed E-state index contributed by atoms with van der Waals surface area (Å²) in [6.45, 7) is 4.94. The molecule has 1 atom stereocenters. The van der Waals surface area contributed by atoms with Crippen molar-refractivity contribution >= 4 is 33.4 Å². The van der Waals surface area contributed by atoms with Crippen molar-refractivity contribution in [3.8, 4) is 0 Å². The molecule has 0 bridgehead atoms. The zero-order valence-corrected chi connectivity index (χ0v) is 19.7. The van der Waals surface area contributed by atoms with E-state index in [2.05, 4.69) is 13.0 Å². The van der Waals surface area contributed by atoms with Crippen LogP contribution in [0.1, 0.15) is 19.8 Å². The van der Waals surface area contributed by atoms with Crippen LogP contribution in [0.2, 0.25) is 0 Å². The minimum atomic E-state index is -3.68. The van der Waals surface area contributed by atoms with Gasteiger partial charge in [-0.05, 0) is 55.8 Å². The second-order valence-corrected chi connectivity index (χ2v) is 11.6. The SMILES string of the molecule is CC1CCN(C(=O)CN2CCCN(S(=O)(=O)c3ccc(F)cc3)CC2)c2ccccc2S1. The Morgan fingerprint density at radius 2 is 1.78 bits per heavy atom. The highest BCUT2D eigenvalue weighted by molar-refractivity contribution is 8.00. The Morgan fingerprint density at radius 1 is 1.03 bits per heavy atom. The Labute approximate surface area is 193 Å². The second-order valence-electron chi connectivity index (χ2n) is 8.22.